The fraction of sp³-hybridized carbons (Fsp3) is 0.975. The number of nitrogens with zero attached hydrogens (tertiary/aromatic N) is 3. The molecule has 55 heavy (non-hydrogen) atoms. The fourth-order valence-corrected chi connectivity index (χ4v) is 5.24. The molecule has 0 heterocycles. The van der Waals surface area contributed by atoms with Gasteiger partial charge < -0.3 is 52.7 Å². The number of ether oxygens (including phenoxy) is 10. The smallest absolute Gasteiger partial charge is 0.220 e. The molecule has 0 saturated heterocycles. The van der Waals surface area contributed by atoms with Gasteiger partial charge in [0.25, 0.3) is 0 Å². The maximum atomic E-state index is 12.0. The Labute approximate surface area is 333 Å². The summed E-state index contributed by atoms with van der Waals surface area (Å²) in [6.45, 7) is 12.9. The zero-order valence-electron chi connectivity index (χ0n) is 34.7. The van der Waals surface area contributed by atoms with Crippen molar-refractivity contribution in [1.29, 1.82) is 0 Å². The third-order valence-corrected chi connectivity index (χ3v) is 8.32. The topological polar surface area (TPSA) is 170 Å². The maximum Gasteiger partial charge on any atom is 0.220 e. The van der Waals surface area contributed by atoms with E-state index in [9.17, 15) is 4.79 Å². The first-order valence-electron chi connectivity index (χ1n) is 21.4. The summed E-state index contributed by atoms with van der Waals surface area (Å²) < 4.78 is 54.5. The summed E-state index contributed by atoms with van der Waals surface area (Å²) in [7, 11) is 0. The van der Waals surface area contributed by atoms with Crippen molar-refractivity contribution in [2.24, 2.45) is 5.11 Å². The highest BCUT2D eigenvalue weighted by Gasteiger charge is 2.01. The molecule has 1 N–H and O–H groups in total. The van der Waals surface area contributed by atoms with E-state index in [1.807, 2.05) is 0 Å². The molecule has 15 heteroatoms. The second-order valence-electron chi connectivity index (χ2n) is 13.1. The minimum absolute atomic E-state index is 0.117. The summed E-state index contributed by atoms with van der Waals surface area (Å²) in [4.78, 5) is 14.7. The van der Waals surface area contributed by atoms with E-state index in [0.717, 1.165) is 12.8 Å². The lowest BCUT2D eigenvalue weighted by Gasteiger charge is -2.09. The summed E-state index contributed by atoms with van der Waals surface area (Å²) in [6, 6.07) is 0. The van der Waals surface area contributed by atoms with Crippen LogP contribution in [0.5, 0.6) is 0 Å². The number of azide groups is 1. The van der Waals surface area contributed by atoms with Gasteiger partial charge in [-0.05, 0) is 12.0 Å². The first-order chi connectivity index (χ1) is 27.3. The number of hydrogen-bond acceptors (Lipinski definition) is 12. The van der Waals surface area contributed by atoms with Gasteiger partial charge in [0.15, 0.2) is 0 Å². The molecular formula is C40H80N4O11. The summed E-state index contributed by atoms with van der Waals surface area (Å²) >= 11 is 0. The molecule has 0 fully saturated rings. The molecule has 0 aromatic heterocycles. The van der Waals surface area contributed by atoms with Crippen LogP contribution in [0.15, 0.2) is 5.11 Å². The van der Waals surface area contributed by atoms with E-state index in [4.69, 9.17) is 52.9 Å². The van der Waals surface area contributed by atoms with Crippen LogP contribution in [0.1, 0.15) is 110 Å². The van der Waals surface area contributed by atoms with Crippen molar-refractivity contribution in [3.8, 4) is 0 Å². The van der Waals surface area contributed by atoms with Crippen molar-refractivity contribution >= 4 is 5.91 Å². The average Bonchev–Trinajstić information content (AvgIpc) is 3.19. The number of unbranched alkanes of at least 4 members (excludes halogenated alkanes) is 14. The lowest BCUT2D eigenvalue weighted by molar-refractivity contribution is -0.121. The highest BCUT2D eigenvalue weighted by Crippen LogP contribution is 2.13. The van der Waals surface area contributed by atoms with Crippen LogP contribution in [-0.4, -0.2) is 151 Å². The molecule has 0 atom stereocenters. The molecule has 0 unspecified atom stereocenters. The van der Waals surface area contributed by atoms with E-state index in [0.29, 0.717) is 152 Å². The van der Waals surface area contributed by atoms with Gasteiger partial charge in [-0.2, -0.15) is 0 Å². The zero-order valence-corrected chi connectivity index (χ0v) is 34.7. The molecular weight excluding hydrogens is 712 g/mol. The predicted molar refractivity (Wildman–Crippen MR) is 215 cm³/mol. The first-order valence-corrected chi connectivity index (χ1v) is 21.4. The lowest BCUT2D eigenvalue weighted by atomic mass is 10.0. The van der Waals surface area contributed by atoms with Crippen molar-refractivity contribution in [2.45, 2.75) is 110 Å². The Morgan fingerprint density at radius 2 is 0.691 bits per heavy atom. The van der Waals surface area contributed by atoms with Gasteiger partial charge in [-0.15, -0.1) is 0 Å². The molecule has 0 spiro atoms. The normalized spacial score (nSPS) is 11.3. The molecule has 0 radical (unpaired) electrons. The van der Waals surface area contributed by atoms with Gasteiger partial charge in [-0.25, -0.2) is 0 Å². The lowest BCUT2D eigenvalue weighted by Crippen LogP contribution is -2.27. The van der Waals surface area contributed by atoms with Crippen molar-refractivity contribution in [3.63, 3.8) is 0 Å². The summed E-state index contributed by atoms with van der Waals surface area (Å²) in [5, 5.41) is 6.32. The van der Waals surface area contributed by atoms with Gasteiger partial charge in [0.1, 0.15) is 0 Å². The predicted octanol–water partition coefficient (Wildman–Crippen LogP) is 6.84. The van der Waals surface area contributed by atoms with Gasteiger partial charge in [-0.3, -0.25) is 4.79 Å². The van der Waals surface area contributed by atoms with Crippen molar-refractivity contribution in [2.75, 3.05) is 145 Å². The molecule has 0 aliphatic heterocycles. The standard InChI is InChI=1S/C40H80N4O11/c1-2-3-4-5-6-7-8-9-10-11-12-13-14-15-16-17-40(45)42-18-20-46-22-24-48-26-28-50-30-32-52-34-36-54-38-39-55-37-35-53-33-31-51-29-27-49-25-23-47-21-19-43-44-41/h2-39H2,1H3,(H,42,45). The molecule has 0 aromatic rings. The number of amides is 1. The quantitative estimate of drug-likeness (QED) is 0.0296. The van der Waals surface area contributed by atoms with Crippen LogP contribution in [-0.2, 0) is 52.2 Å². The molecule has 326 valence electrons. The average molecular weight is 793 g/mol. The summed E-state index contributed by atoms with van der Waals surface area (Å²) in [5.74, 6) is 0.117. The highest BCUT2D eigenvalue weighted by atomic mass is 16.6. The number of carbonyl (C=O) groups is 1. The Hall–Kier alpha value is -1.62. The monoisotopic (exact) mass is 793 g/mol. The second kappa shape index (κ2) is 50.4. The molecule has 1 amide bonds. The van der Waals surface area contributed by atoms with E-state index in [-0.39, 0.29) is 5.91 Å². The van der Waals surface area contributed by atoms with Crippen LogP contribution in [0.4, 0.5) is 0 Å². The second-order valence-corrected chi connectivity index (χ2v) is 13.1. The Balaban J connectivity index is 3.13. The fourth-order valence-electron chi connectivity index (χ4n) is 5.24. The van der Waals surface area contributed by atoms with Crippen LogP contribution >= 0.6 is 0 Å². The van der Waals surface area contributed by atoms with E-state index in [2.05, 4.69) is 22.3 Å². The molecule has 15 nitrogen and oxygen atoms in total. The number of carbonyl (C=O) groups excluding carboxylic acids is 1. The molecule has 0 aliphatic carbocycles. The highest BCUT2D eigenvalue weighted by molar-refractivity contribution is 5.75. The third-order valence-electron chi connectivity index (χ3n) is 8.32. The Bertz CT molecular complexity index is 798. The van der Waals surface area contributed by atoms with Crippen LogP contribution < -0.4 is 5.32 Å². The molecule has 0 rings (SSSR count). The zero-order chi connectivity index (χ0) is 39.6. The minimum Gasteiger partial charge on any atom is -0.379 e. The molecule has 0 saturated carbocycles. The number of nitrogens with one attached hydrogen (secondary N) is 1. The van der Waals surface area contributed by atoms with E-state index < -0.39 is 0 Å². The van der Waals surface area contributed by atoms with Crippen molar-refractivity contribution in [1.82, 2.24) is 5.32 Å². The van der Waals surface area contributed by atoms with Crippen LogP contribution in [0.25, 0.3) is 10.4 Å². The molecule has 0 aliphatic rings. The van der Waals surface area contributed by atoms with Gasteiger partial charge in [-0.1, -0.05) is 102 Å². The SMILES string of the molecule is CCCCCCCCCCCCCCCCCC(=O)NCCOCCOCCOCCOCCOCCOCCOCCOCCOCCOCCN=[N+]=[N-]. The summed E-state index contributed by atoms with van der Waals surface area (Å²) in [6.07, 6.45) is 20.5. The Morgan fingerprint density at radius 1 is 0.418 bits per heavy atom. The Morgan fingerprint density at radius 3 is 1.00 bits per heavy atom. The first kappa shape index (κ1) is 53.4. The largest absolute Gasteiger partial charge is 0.379 e. The van der Waals surface area contributed by atoms with Gasteiger partial charge in [0.2, 0.25) is 5.91 Å². The van der Waals surface area contributed by atoms with E-state index in [1.54, 1.807) is 0 Å². The third kappa shape index (κ3) is 50.4. The van der Waals surface area contributed by atoms with E-state index >= 15 is 0 Å². The number of hydrogen-bond donors (Lipinski definition) is 1. The molecule has 0 aromatic carbocycles. The Kier molecular flexibility index (Phi) is 48.9. The van der Waals surface area contributed by atoms with Crippen LogP contribution in [0.3, 0.4) is 0 Å². The van der Waals surface area contributed by atoms with Crippen LogP contribution in [0, 0.1) is 0 Å². The van der Waals surface area contributed by atoms with Gasteiger partial charge >= 0.3 is 0 Å². The van der Waals surface area contributed by atoms with Crippen molar-refractivity contribution < 1.29 is 52.2 Å². The minimum atomic E-state index is 0.117. The molecule has 0 bridgehead atoms. The van der Waals surface area contributed by atoms with Gasteiger partial charge in [0.05, 0.1) is 132 Å². The number of rotatable bonds is 49. The van der Waals surface area contributed by atoms with Crippen LogP contribution in [0.2, 0.25) is 0 Å². The maximum absolute atomic E-state index is 12.0. The summed E-state index contributed by atoms with van der Waals surface area (Å²) in [5.41, 5.74) is 8.15. The van der Waals surface area contributed by atoms with Crippen molar-refractivity contribution in [3.05, 3.63) is 10.4 Å². The van der Waals surface area contributed by atoms with E-state index in [1.165, 1.54) is 83.5 Å². The van der Waals surface area contributed by atoms with Gasteiger partial charge in [0, 0.05) is 24.4 Å².